The summed E-state index contributed by atoms with van der Waals surface area (Å²) in [5.74, 6) is 0. The highest BCUT2D eigenvalue weighted by Gasteiger charge is 2.45. The standard InChI is InChI=1S/C17H25N5O/c1-13(2)22-8-3-14(20-22)11-21-7-4-15-16(19-12-18-15)17(21)5-9-23-10-6-17/h3,8,12-13H,4-7,9-11H2,1-2H3,(H,18,19). The highest BCUT2D eigenvalue weighted by atomic mass is 16.5. The molecule has 2 aliphatic heterocycles. The molecule has 0 unspecified atom stereocenters. The third-order valence-corrected chi connectivity index (χ3v) is 5.26. The van der Waals surface area contributed by atoms with Crippen molar-refractivity contribution in [3.05, 3.63) is 35.7 Å². The lowest BCUT2D eigenvalue weighted by Gasteiger charge is -2.48. The van der Waals surface area contributed by atoms with Crippen LogP contribution in [0.5, 0.6) is 0 Å². The number of aromatic nitrogens is 4. The van der Waals surface area contributed by atoms with Crippen LogP contribution >= 0.6 is 0 Å². The van der Waals surface area contributed by atoms with E-state index in [1.807, 2.05) is 11.0 Å². The van der Waals surface area contributed by atoms with Crippen molar-refractivity contribution in [3.8, 4) is 0 Å². The molecule has 0 radical (unpaired) electrons. The van der Waals surface area contributed by atoms with Gasteiger partial charge in [-0.25, -0.2) is 4.98 Å². The normalized spacial score (nSPS) is 21.0. The van der Waals surface area contributed by atoms with E-state index in [9.17, 15) is 0 Å². The molecule has 4 rings (SSSR count). The van der Waals surface area contributed by atoms with Crippen molar-refractivity contribution >= 4 is 0 Å². The minimum absolute atomic E-state index is 0.00738. The Morgan fingerprint density at radius 3 is 2.91 bits per heavy atom. The van der Waals surface area contributed by atoms with Crippen LogP contribution in [-0.2, 0) is 23.2 Å². The maximum Gasteiger partial charge on any atom is 0.0926 e. The van der Waals surface area contributed by atoms with Crippen LogP contribution in [0.4, 0.5) is 0 Å². The maximum atomic E-state index is 5.64. The first-order valence-electron chi connectivity index (χ1n) is 8.58. The van der Waals surface area contributed by atoms with Gasteiger partial charge in [-0.15, -0.1) is 0 Å². The van der Waals surface area contributed by atoms with Gasteiger partial charge in [0.05, 0.1) is 23.3 Å². The lowest BCUT2D eigenvalue weighted by Crippen LogP contribution is -2.53. The quantitative estimate of drug-likeness (QED) is 0.944. The molecular formula is C17H25N5O. The van der Waals surface area contributed by atoms with Crippen LogP contribution in [0, 0.1) is 0 Å². The number of nitrogens with one attached hydrogen (secondary N) is 1. The highest BCUT2D eigenvalue weighted by molar-refractivity contribution is 5.26. The van der Waals surface area contributed by atoms with Gasteiger partial charge in [0.1, 0.15) is 0 Å². The van der Waals surface area contributed by atoms with Gasteiger partial charge in [-0.2, -0.15) is 5.10 Å². The average Bonchev–Trinajstić information content (AvgIpc) is 3.21. The number of rotatable bonds is 3. The second kappa shape index (κ2) is 5.76. The van der Waals surface area contributed by atoms with Crippen molar-refractivity contribution in [2.24, 2.45) is 0 Å². The van der Waals surface area contributed by atoms with Gasteiger partial charge in [-0.1, -0.05) is 0 Å². The second-order valence-corrected chi connectivity index (χ2v) is 6.93. The van der Waals surface area contributed by atoms with E-state index in [2.05, 4.69) is 41.0 Å². The van der Waals surface area contributed by atoms with E-state index in [1.54, 1.807) is 0 Å². The van der Waals surface area contributed by atoms with E-state index in [0.717, 1.165) is 51.3 Å². The van der Waals surface area contributed by atoms with Gasteiger partial charge in [0, 0.05) is 50.7 Å². The van der Waals surface area contributed by atoms with Crippen LogP contribution in [0.3, 0.4) is 0 Å². The van der Waals surface area contributed by atoms with Crippen LogP contribution in [-0.4, -0.2) is 44.4 Å². The molecule has 4 heterocycles. The molecule has 0 saturated carbocycles. The molecule has 1 N–H and O–H groups in total. The summed E-state index contributed by atoms with van der Waals surface area (Å²) < 4.78 is 7.68. The molecule has 124 valence electrons. The lowest BCUT2D eigenvalue weighted by molar-refractivity contribution is -0.0456. The van der Waals surface area contributed by atoms with Crippen molar-refractivity contribution in [2.45, 2.75) is 51.2 Å². The zero-order valence-corrected chi connectivity index (χ0v) is 14.0. The Balaban J connectivity index is 1.64. The van der Waals surface area contributed by atoms with E-state index >= 15 is 0 Å². The lowest BCUT2D eigenvalue weighted by atomic mass is 9.80. The van der Waals surface area contributed by atoms with E-state index in [0.29, 0.717) is 6.04 Å². The minimum Gasteiger partial charge on any atom is -0.381 e. The van der Waals surface area contributed by atoms with Gasteiger partial charge in [-0.3, -0.25) is 9.58 Å². The Hall–Kier alpha value is -1.66. The number of aromatic amines is 1. The predicted octanol–water partition coefficient (Wildman–Crippen LogP) is 2.25. The summed E-state index contributed by atoms with van der Waals surface area (Å²) in [5.41, 5.74) is 3.68. The van der Waals surface area contributed by atoms with Crippen molar-refractivity contribution < 1.29 is 4.74 Å². The molecule has 6 heteroatoms. The van der Waals surface area contributed by atoms with Gasteiger partial charge >= 0.3 is 0 Å². The van der Waals surface area contributed by atoms with Crippen molar-refractivity contribution in [1.29, 1.82) is 0 Å². The monoisotopic (exact) mass is 315 g/mol. The van der Waals surface area contributed by atoms with Crippen LogP contribution in [0.1, 0.15) is 49.8 Å². The fourth-order valence-corrected chi connectivity index (χ4v) is 3.96. The van der Waals surface area contributed by atoms with Crippen LogP contribution in [0.2, 0.25) is 0 Å². The number of hydrogen-bond donors (Lipinski definition) is 1. The minimum atomic E-state index is 0.00738. The molecule has 0 bridgehead atoms. The number of imidazole rings is 1. The van der Waals surface area contributed by atoms with Gasteiger partial charge in [0.2, 0.25) is 0 Å². The second-order valence-electron chi connectivity index (χ2n) is 6.93. The molecule has 23 heavy (non-hydrogen) atoms. The molecule has 6 nitrogen and oxygen atoms in total. The first-order chi connectivity index (χ1) is 11.2. The van der Waals surface area contributed by atoms with Crippen molar-refractivity contribution in [3.63, 3.8) is 0 Å². The molecule has 0 amide bonds. The molecule has 2 aromatic heterocycles. The number of nitrogens with zero attached hydrogens (tertiary/aromatic N) is 4. The summed E-state index contributed by atoms with van der Waals surface area (Å²) in [6.45, 7) is 7.86. The molecule has 2 aromatic rings. The summed E-state index contributed by atoms with van der Waals surface area (Å²) >= 11 is 0. The number of H-pyrrole nitrogens is 1. The topological polar surface area (TPSA) is 59.0 Å². The first kappa shape index (κ1) is 14.9. The Labute approximate surface area is 136 Å². The van der Waals surface area contributed by atoms with E-state index in [1.165, 1.54) is 11.4 Å². The first-order valence-corrected chi connectivity index (χ1v) is 8.58. The van der Waals surface area contributed by atoms with Gasteiger partial charge in [0.15, 0.2) is 0 Å². The van der Waals surface area contributed by atoms with E-state index in [-0.39, 0.29) is 5.54 Å². The van der Waals surface area contributed by atoms with Gasteiger partial charge < -0.3 is 9.72 Å². The van der Waals surface area contributed by atoms with Gasteiger partial charge in [-0.05, 0) is 32.8 Å². The Bertz CT molecular complexity index is 668. The zero-order valence-electron chi connectivity index (χ0n) is 14.0. The Kier molecular flexibility index (Phi) is 3.73. The predicted molar refractivity (Wildman–Crippen MR) is 87.0 cm³/mol. The third kappa shape index (κ3) is 2.50. The summed E-state index contributed by atoms with van der Waals surface area (Å²) in [7, 11) is 0. The summed E-state index contributed by atoms with van der Waals surface area (Å²) in [6.07, 6.45) is 6.98. The molecule has 0 atom stereocenters. The van der Waals surface area contributed by atoms with Crippen LogP contribution < -0.4 is 0 Å². The summed E-state index contributed by atoms with van der Waals surface area (Å²) in [5, 5.41) is 4.74. The molecule has 0 aromatic carbocycles. The van der Waals surface area contributed by atoms with Crippen LogP contribution in [0.15, 0.2) is 18.6 Å². The van der Waals surface area contributed by atoms with Crippen LogP contribution in [0.25, 0.3) is 0 Å². The number of ether oxygens (including phenoxy) is 1. The zero-order chi connectivity index (χ0) is 15.9. The Morgan fingerprint density at radius 2 is 2.17 bits per heavy atom. The number of fused-ring (bicyclic) bond motifs is 2. The smallest absolute Gasteiger partial charge is 0.0926 e. The molecule has 1 fully saturated rings. The molecular weight excluding hydrogens is 290 g/mol. The molecule has 1 saturated heterocycles. The maximum absolute atomic E-state index is 5.64. The third-order valence-electron chi connectivity index (χ3n) is 5.26. The summed E-state index contributed by atoms with van der Waals surface area (Å²) in [6, 6.07) is 2.55. The molecule has 0 aliphatic carbocycles. The Morgan fingerprint density at radius 1 is 1.35 bits per heavy atom. The highest BCUT2D eigenvalue weighted by Crippen LogP contribution is 2.42. The van der Waals surface area contributed by atoms with Crippen molar-refractivity contribution in [1.82, 2.24) is 24.6 Å². The largest absolute Gasteiger partial charge is 0.381 e. The fourth-order valence-electron chi connectivity index (χ4n) is 3.96. The van der Waals surface area contributed by atoms with Crippen molar-refractivity contribution in [2.75, 3.05) is 19.8 Å². The number of hydrogen-bond acceptors (Lipinski definition) is 4. The van der Waals surface area contributed by atoms with E-state index < -0.39 is 0 Å². The SMILES string of the molecule is CC(C)n1ccc(CN2CCc3[nH]cnc3C23CCOCC3)n1. The molecule has 1 spiro atoms. The van der Waals surface area contributed by atoms with E-state index in [4.69, 9.17) is 9.84 Å². The summed E-state index contributed by atoms with van der Waals surface area (Å²) in [4.78, 5) is 10.6. The molecule has 2 aliphatic rings. The average molecular weight is 315 g/mol. The van der Waals surface area contributed by atoms with Gasteiger partial charge in [0.25, 0.3) is 0 Å². The fraction of sp³-hybridized carbons (Fsp3) is 0.647.